The summed E-state index contributed by atoms with van der Waals surface area (Å²) < 4.78 is 36.0. The molecule has 0 atom stereocenters. The molecule has 2 fully saturated rings. The number of hydrogen-bond acceptors (Lipinski definition) is 2. The van der Waals surface area contributed by atoms with Gasteiger partial charge in [0.15, 0.2) is 0 Å². The van der Waals surface area contributed by atoms with Crippen molar-refractivity contribution in [1.29, 1.82) is 0 Å². The highest BCUT2D eigenvalue weighted by Gasteiger charge is 2.39. The Hall–Kier alpha value is -0.780. The Balaban J connectivity index is 1.74. The van der Waals surface area contributed by atoms with Crippen LogP contribution in [0.4, 0.5) is 13.2 Å². The van der Waals surface area contributed by atoms with Crippen molar-refractivity contribution in [2.75, 3.05) is 26.2 Å². The molecule has 1 saturated heterocycles. The minimum absolute atomic E-state index is 0.0951. The van der Waals surface area contributed by atoms with E-state index in [1.54, 1.807) is 0 Å². The second-order valence-corrected chi connectivity index (χ2v) is 5.91. The number of nitrogens with zero attached hydrogens (tertiary/aromatic N) is 1. The van der Waals surface area contributed by atoms with Crippen LogP contribution in [0, 0.1) is 5.41 Å². The van der Waals surface area contributed by atoms with Crippen molar-refractivity contribution in [1.82, 2.24) is 10.2 Å². The van der Waals surface area contributed by atoms with E-state index in [1.165, 1.54) is 32.1 Å². The molecule has 19 heavy (non-hydrogen) atoms. The molecule has 110 valence electrons. The molecule has 1 heterocycles. The SMILES string of the molecule is O=C(CN1CCC2(CCCCC2)C1)NCC(F)(F)F. The summed E-state index contributed by atoms with van der Waals surface area (Å²) in [6.07, 6.45) is 2.93. The highest BCUT2D eigenvalue weighted by molar-refractivity contribution is 5.78. The number of rotatable bonds is 3. The van der Waals surface area contributed by atoms with E-state index < -0.39 is 18.6 Å². The Kier molecular flexibility index (Phi) is 4.38. The second-order valence-electron chi connectivity index (χ2n) is 5.91. The van der Waals surface area contributed by atoms with Crippen LogP contribution in [0.15, 0.2) is 0 Å². The first-order valence-corrected chi connectivity index (χ1v) is 6.94. The van der Waals surface area contributed by atoms with Crippen molar-refractivity contribution >= 4 is 5.91 Å². The van der Waals surface area contributed by atoms with Crippen LogP contribution in [0.1, 0.15) is 38.5 Å². The number of alkyl halides is 3. The first-order valence-electron chi connectivity index (χ1n) is 6.94. The van der Waals surface area contributed by atoms with Crippen molar-refractivity contribution in [3.8, 4) is 0 Å². The highest BCUT2D eigenvalue weighted by atomic mass is 19.4. The van der Waals surface area contributed by atoms with E-state index in [1.807, 2.05) is 10.2 Å². The third-order valence-electron chi connectivity index (χ3n) is 4.28. The molecule has 0 bridgehead atoms. The van der Waals surface area contributed by atoms with Gasteiger partial charge in [-0.1, -0.05) is 19.3 Å². The third-order valence-corrected chi connectivity index (χ3v) is 4.28. The lowest BCUT2D eigenvalue weighted by molar-refractivity contribution is -0.139. The van der Waals surface area contributed by atoms with E-state index in [-0.39, 0.29) is 6.54 Å². The van der Waals surface area contributed by atoms with Gasteiger partial charge >= 0.3 is 6.18 Å². The third kappa shape index (κ3) is 4.37. The Morgan fingerprint density at radius 3 is 2.47 bits per heavy atom. The van der Waals surface area contributed by atoms with Gasteiger partial charge < -0.3 is 5.32 Å². The monoisotopic (exact) mass is 278 g/mol. The molecule has 1 amide bonds. The minimum Gasteiger partial charge on any atom is -0.346 e. The van der Waals surface area contributed by atoms with Crippen LogP contribution in [-0.2, 0) is 4.79 Å². The van der Waals surface area contributed by atoms with Gasteiger partial charge in [-0.2, -0.15) is 13.2 Å². The molecule has 2 aliphatic rings. The van der Waals surface area contributed by atoms with Gasteiger partial charge in [0, 0.05) is 6.54 Å². The van der Waals surface area contributed by atoms with Crippen LogP contribution in [0.5, 0.6) is 0 Å². The van der Waals surface area contributed by atoms with Gasteiger partial charge in [0.2, 0.25) is 5.91 Å². The molecule has 1 saturated carbocycles. The second kappa shape index (κ2) is 5.69. The summed E-state index contributed by atoms with van der Waals surface area (Å²) in [6, 6.07) is 0. The molecule has 0 aromatic carbocycles. The fourth-order valence-electron chi connectivity index (χ4n) is 3.33. The molecule has 1 N–H and O–H groups in total. The quantitative estimate of drug-likeness (QED) is 0.859. The summed E-state index contributed by atoms with van der Waals surface area (Å²) in [5.41, 5.74) is 0.336. The number of carbonyl (C=O) groups is 1. The van der Waals surface area contributed by atoms with Gasteiger partial charge in [-0.3, -0.25) is 9.69 Å². The number of carbonyl (C=O) groups excluding carboxylic acids is 1. The van der Waals surface area contributed by atoms with Crippen LogP contribution < -0.4 is 5.32 Å². The maximum atomic E-state index is 12.0. The van der Waals surface area contributed by atoms with E-state index in [9.17, 15) is 18.0 Å². The van der Waals surface area contributed by atoms with Gasteiger partial charge in [-0.15, -0.1) is 0 Å². The molecule has 0 aromatic heterocycles. The van der Waals surface area contributed by atoms with Gasteiger partial charge in [-0.05, 0) is 31.2 Å². The molecule has 0 unspecified atom stereocenters. The zero-order valence-corrected chi connectivity index (χ0v) is 11.1. The number of nitrogens with one attached hydrogen (secondary N) is 1. The average Bonchev–Trinajstić information content (AvgIpc) is 2.70. The van der Waals surface area contributed by atoms with Gasteiger partial charge in [0.05, 0.1) is 6.54 Å². The lowest BCUT2D eigenvalue weighted by atomic mass is 9.73. The maximum Gasteiger partial charge on any atom is 0.405 e. The predicted molar refractivity (Wildman–Crippen MR) is 65.6 cm³/mol. The highest BCUT2D eigenvalue weighted by Crippen LogP contribution is 2.43. The normalized spacial score (nSPS) is 23.7. The summed E-state index contributed by atoms with van der Waals surface area (Å²) in [6.45, 7) is 0.564. The Morgan fingerprint density at radius 1 is 1.16 bits per heavy atom. The van der Waals surface area contributed by atoms with Crippen LogP contribution >= 0.6 is 0 Å². The zero-order chi connectivity index (χ0) is 13.9. The van der Waals surface area contributed by atoms with Crippen molar-refractivity contribution in [3.05, 3.63) is 0 Å². The lowest BCUT2D eigenvalue weighted by Crippen LogP contribution is -2.41. The summed E-state index contributed by atoms with van der Waals surface area (Å²) in [5.74, 6) is -0.523. The summed E-state index contributed by atoms with van der Waals surface area (Å²) >= 11 is 0. The summed E-state index contributed by atoms with van der Waals surface area (Å²) in [5, 5.41) is 1.94. The molecule has 1 aliphatic heterocycles. The summed E-state index contributed by atoms with van der Waals surface area (Å²) in [7, 11) is 0. The van der Waals surface area contributed by atoms with Gasteiger partial charge in [0.1, 0.15) is 6.54 Å². The summed E-state index contributed by atoms with van der Waals surface area (Å²) in [4.78, 5) is 13.5. The maximum absolute atomic E-state index is 12.0. The molecule has 6 heteroatoms. The Morgan fingerprint density at radius 2 is 1.84 bits per heavy atom. The molecule has 3 nitrogen and oxygen atoms in total. The minimum atomic E-state index is -4.33. The van der Waals surface area contributed by atoms with E-state index >= 15 is 0 Å². The number of amides is 1. The Labute approximate surface area is 111 Å². The van der Waals surface area contributed by atoms with E-state index in [0.717, 1.165) is 19.5 Å². The lowest BCUT2D eigenvalue weighted by Gasteiger charge is -2.33. The van der Waals surface area contributed by atoms with Crippen molar-refractivity contribution in [3.63, 3.8) is 0 Å². The molecule has 1 aliphatic carbocycles. The topological polar surface area (TPSA) is 32.3 Å². The van der Waals surface area contributed by atoms with E-state index in [4.69, 9.17) is 0 Å². The van der Waals surface area contributed by atoms with E-state index in [2.05, 4.69) is 0 Å². The molecular formula is C13H21F3N2O. The van der Waals surface area contributed by atoms with Crippen LogP contribution in [0.2, 0.25) is 0 Å². The van der Waals surface area contributed by atoms with E-state index in [0.29, 0.717) is 5.41 Å². The van der Waals surface area contributed by atoms with Crippen molar-refractivity contribution < 1.29 is 18.0 Å². The molecule has 0 aromatic rings. The molecular weight excluding hydrogens is 257 g/mol. The van der Waals surface area contributed by atoms with Crippen molar-refractivity contribution in [2.45, 2.75) is 44.7 Å². The zero-order valence-electron chi connectivity index (χ0n) is 11.1. The first-order chi connectivity index (χ1) is 8.89. The number of halogens is 3. The van der Waals surface area contributed by atoms with Gasteiger partial charge in [0.25, 0.3) is 0 Å². The Bertz CT molecular complexity index is 324. The van der Waals surface area contributed by atoms with Crippen LogP contribution in [0.25, 0.3) is 0 Å². The first kappa shape index (κ1) is 14.6. The van der Waals surface area contributed by atoms with Crippen LogP contribution in [0.3, 0.4) is 0 Å². The smallest absolute Gasteiger partial charge is 0.346 e. The fourth-order valence-corrected chi connectivity index (χ4v) is 3.33. The standard InChI is InChI=1S/C13H21F3N2O/c14-13(15,16)9-17-11(19)8-18-7-6-12(10-18)4-2-1-3-5-12/h1-10H2,(H,17,19). The predicted octanol–water partition coefficient (Wildman–Crippen LogP) is 2.32. The molecule has 2 rings (SSSR count). The van der Waals surface area contributed by atoms with Crippen molar-refractivity contribution in [2.24, 2.45) is 5.41 Å². The van der Waals surface area contributed by atoms with Gasteiger partial charge in [-0.25, -0.2) is 0 Å². The number of likely N-dealkylation sites (tertiary alicyclic amines) is 1. The average molecular weight is 278 g/mol. The largest absolute Gasteiger partial charge is 0.405 e. The molecule has 0 radical (unpaired) electrons. The fraction of sp³-hybridized carbons (Fsp3) is 0.923. The molecule has 1 spiro atoms. The number of hydrogen-bond donors (Lipinski definition) is 1. The van der Waals surface area contributed by atoms with Crippen LogP contribution in [-0.4, -0.2) is 43.2 Å².